The molecule has 0 N–H and O–H groups in total. The van der Waals surface area contributed by atoms with E-state index in [0.29, 0.717) is 23.1 Å². The number of allylic oxidation sites excluding steroid dienone is 4. The highest BCUT2D eigenvalue weighted by Gasteiger charge is 2.31. The van der Waals surface area contributed by atoms with Gasteiger partial charge in [0.25, 0.3) is 0 Å². The fourth-order valence-corrected chi connectivity index (χ4v) is 4.16. The van der Waals surface area contributed by atoms with E-state index in [1.54, 1.807) is 25.1 Å². The molecule has 0 heterocycles. The molecule has 0 bridgehead atoms. The van der Waals surface area contributed by atoms with Gasteiger partial charge in [0.15, 0.2) is 0 Å². The highest BCUT2D eigenvalue weighted by molar-refractivity contribution is 5.90. The molecule has 3 heteroatoms. The minimum Gasteiger partial charge on any atom is -0.465 e. The molecule has 0 aromatic heterocycles. The fourth-order valence-electron chi connectivity index (χ4n) is 4.16. The van der Waals surface area contributed by atoms with E-state index >= 15 is 4.39 Å². The average Bonchev–Trinajstić information content (AvgIpc) is 2.64. The molecule has 0 unspecified atom stereocenters. The van der Waals surface area contributed by atoms with Gasteiger partial charge in [-0.05, 0) is 79.4 Å². The Morgan fingerprint density at radius 3 is 2.56 bits per heavy atom. The van der Waals surface area contributed by atoms with Crippen molar-refractivity contribution in [3.8, 4) is 0 Å². The van der Waals surface area contributed by atoms with Crippen molar-refractivity contribution in [3.63, 3.8) is 0 Å². The maximum absolute atomic E-state index is 15.5. The average molecular weight is 371 g/mol. The monoisotopic (exact) mass is 370 g/mol. The third-order valence-corrected chi connectivity index (χ3v) is 5.68. The minimum absolute atomic E-state index is 0.00326. The van der Waals surface area contributed by atoms with Gasteiger partial charge >= 0.3 is 5.97 Å². The van der Waals surface area contributed by atoms with Crippen LogP contribution in [0.2, 0.25) is 0 Å². The Balaban J connectivity index is 2.51. The lowest BCUT2D eigenvalue weighted by Gasteiger charge is -2.36. The normalized spacial score (nSPS) is 17.4. The van der Waals surface area contributed by atoms with Crippen molar-refractivity contribution in [1.29, 1.82) is 0 Å². The van der Waals surface area contributed by atoms with Gasteiger partial charge in [-0.3, -0.25) is 0 Å². The van der Waals surface area contributed by atoms with Crippen molar-refractivity contribution >= 4 is 11.8 Å². The zero-order valence-electron chi connectivity index (χ0n) is 17.5. The summed E-state index contributed by atoms with van der Waals surface area (Å²) in [5.74, 6) is -0.679. The van der Waals surface area contributed by atoms with Crippen LogP contribution in [0.3, 0.4) is 0 Å². The van der Waals surface area contributed by atoms with Crippen LogP contribution in [0.4, 0.5) is 4.39 Å². The molecule has 0 amide bonds. The highest BCUT2D eigenvalue weighted by Crippen LogP contribution is 2.46. The van der Waals surface area contributed by atoms with Crippen LogP contribution in [-0.2, 0) is 11.2 Å². The van der Waals surface area contributed by atoms with E-state index in [1.165, 1.54) is 18.3 Å². The second-order valence-electron chi connectivity index (χ2n) is 8.03. The van der Waals surface area contributed by atoms with Crippen molar-refractivity contribution < 1.29 is 13.9 Å². The first-order valence-electron chi connectivity index (χ1n) is 9.61. The third kappa shape index (κ3) is 4.23. The Morgan fingerprint density at radius 1 is 1.33 bits per heavy atom. The Labute approximate surface area is 162 Å². The van der Waals surface area contributed by atoms with Crippen molar-refractivity contribution in [2.75, 3.05) is 7.11 Å². The molecule has 2 nitrogen and oxygen atoms in total. The van der Waals surface area contributed by atoms with E-state index in [2.05, 4.69) is 27.4 Å². The molecular weight excluding hydrogens is 339 g/mol. The number of aryl methyl sites for hydroxylation is 1. The fraction of sp³-hybridized carbons (Fsp3) is 0.458. The summed E-state index contributed by atoms with van der Waals surface area (Å²) in [6, 6.07) is 5.00. The predicted octanol–water partition coefficient (Wildman–Crippen LogP) is 6.82. The van der Waals surface area contributed by atoms with E-state index in [9.17, 15) is 4.79 Å². The van der Waals surface area contributed by atoms with Gasteiger partial charge in [-0.1, -0.05) is 39.0 Å². The second kappa shape index (κ2) is 8.24. The van der Waals surface area contributed by atoms with Gasteiger partial charge in [0.2, 0.25) is 0 Å². The summed E-state index contributed by atoms with van der Waals surface area (Å²) in [5, 5.41) is 0. The maximum atomic E-state index is 15.5. The van der Waals surface area contributed by atoms with Gasteiger partial charge in [0, 0.05) is 5.56 Å². The minimum atomic E-state index is -0.411. The Kier molecular flexibility index (Phi) is 6.46. The number of rotatable bonds is 5. The Bertz CT molecular complexity index is 825. The largest absolute Gasteiger partial charge is 0.465 e. The molecule has 0 radical (unpaired) electrons. The molecule has 0 fully saturated rings. The van der Waals surface area contributed by atoms with Gasteiger partial charge in [-0.15, -0.1) is 0 Å². The zero-order valence-corrected chi connectivity index (χ0v) is 17.5. The molecule has 27 heavy (non-hydrogen) atoms. The number of esters is 1. The van der Waals surface area contributed by atoms with Crippen LogP contribution in [0.5, 0.6) is 0 Å². The molecule has 1 aliphatic rings. The maximum Gasteiger partial charge on any atom is 0.337 e. The van der Waals surface area contributed by atoms with Crippen LogP contribution in [-0.4, -0.2) is 13.1 Å². The summed E-state index contributed by atoms with van der Waals surface area (Å²) in [6.07, 6.45) is 3.92. The number of hydrogen-bond donors (Lipinski definition) is 0. The summed E-state index contributed by atoms with van der Waals surface area (Å²) < 4.78 is 20.2. The van der Waals surface area contributed by atoms with Crippen LogP contribution in [0.25, 0.3) is 5.83 Å². The van der Waals surface area contributed by atoms with Crippen LogP contribution in [0.15, 0.2) is 47.1 Å². The molecular formula is C24H31FO2. The predicted molar refractivity (Wildman–Crippen MR) is 110 cm³/mol. The molecule has 2 rings (SSSR count). The van der Waals surface area contributed by atoms with E-state index in [4.69, 9.17) is 4.74 Å². The van der Waals surface area contributed by atoms with Gasteiger partial charge in [0.1, 0.15) is 5.83 Å². The van der Waals surface area contributed by atoms with E-state index in [-0.39, 0.29) is 11.2 Å². The van der Waals surface area contributed by atoms with E-state index < -0.39 is 5.97 Å². The van der Waals surface area contributed by atoms with E-state index in [1.807, 2.05) is 6.92 Å². The number of methoxy groups -OCH3 is 1. The van der Waals surface area contributed by atoms with E-state index in [0.717, 1.165) is 30.4 Å². The van der Waals surface area contributed by atoms with Crippen LogP contribution < -0.4 is 0 Å². The molecule has 1 aromatic rings. The van der Waals surface area contributed by atoms with Crippen LogP contribution >= 0.6 is 0 Å². The Morgan fingerprint density at radius 2 is 2.00 bits per heavy atom. The third-order valence-electron chi connectivity index (χ3n) is 5.68. The number of halogens is 1. The standard InChI is InChI=1S/C24H31FO2/c1-8-18-14-19(23(26)27-7)11-12-20(18)22(25)17(4)16(3)21-15(2)10-9-13-24(21,5)6/h11-12,14H,3,8-10,13H2,1-2,4-7H3. The summed E-state index contributed by atoms with van der Waals surface area (Å²) in [6.45, 7) is 14.6. The Hall–Kier alpha value is -2.16. The lowest BCUT2D eigenvalue weighted by atomic mass is 9.69. The van der Waals surface area contributed by atoms with Crippen molar-refractivity contribution in [1.82, 2.24) is 0 Å². The van der Waals surface area contributed by atoms with Crippen molar-refractivity contribution in [2.24, 2.45) is 5.41 Å². The first kappa shape index (κ1) is 21.1. The van der Waals surface area contributed by atoms with Gasteiger partial charge < -0.3 is 4.74 Å². The molecule has 0 aliphatic heterocycles. The molecule has 0 saturated carbocycles. The summed E-state index contributed by atoms with van der Waals surface area (Å²) in [7, 11) is 1.35. The highest BCUT2D eigenvalue weighted by atomic mass is 19.1. The summed E-state index contributed by atoms with van der Waals surface area (Å²) in [4.78, 5) is 11.8. The molecule has 1 aromatic carbocycles. The molecule has 146 valence electrons. The number of carbonyl (C=O) groups is 1. The number of benzene rings is 1. The molecule has 0 atom stereocenters. The lowest BCUT2D eigenvalue weighted by molar-refractivity contribution is 0.0600. The molecule has 0 saturated heterocycles. The van der Waals surface area contributed by atoms with Crippen molar-refractivity contribution in [3.05, 3.63) is 63.8 Å². The zero-order chi connectivity index (χ0) is 20.4. The summed E-state index contributed by atoms with van der Waals surface area (Å²) >= 11 is 0. The number of ether oxygens (including phenoxy) is 1. The SMILES string of the molecule is C=C(C(C)=C(F)c1ccc(C(=O)OC)cc1CC)C1=C(C)CCCC1(C)C. The van der Waals surface area contributed by atoms with Gasteiger partial charge in [-0.2, -0.15) is 0 Å². The topological polar surface area (TPSA) is 26.3 Å². The smallest absolute Gasteiger partial charge is 0.337 e. The van der Waals surface area contributed by atoms with Gasteiger partial charge in [-0.25, -0.2) is 9.18 Å². The number of carbonyl (C=O) groups excluding carboxylic acids is 1. The first-order valence-corrected chi connectivity index (χ1v) is 9.61. The lowest BCUT2D eigenvalue weighted by Crippen LogP contribution is -2.22. The molecule has 1 aliphatic carbocycles. The van der Waals surface area contributed by atoms with Crippen molar-refractivity contribution in [2.45, 2.75) is 60.3 Å². The van der Waals surface area contributed by atoms with Crippen LogP contribution in [0, 0.1) is 5.41 Å². The number of hydrogen-bond acceptors (Lipinski definition) is 2. The summed E-state index contributed by atoms with van der Waals surface area (Å²) in [5.41, 5.74) is 5.60. The first-order chi connectivity index (χ1) is 12.6. The second-order valence-corrected chi connectivity index (χ2v) is 8.03. The van der Waals surface area contributed by atoms with Crippen LogP contribution in [0.1, 0.15) is 75.4 Å². The van der Waals surface area contributed by atoms with Gasteiger partial charge in [0.05, 0.1) is 12.7 Å². The quantitative estimate of drug-likeness (QED) is 0.420. The molecule has 0 spiro atoms.